The number of benzene rings is 1. The third-order valence-corrected chi connectivity index (χ3v) is 7.23. The molecule has 4 N–H and O–H groups in total. The van der Waals surface area contributed by atoms with Crippen LogP contribution in [0.25, 0.3) is 11.1 Å². The number of primary amides is 1. The first-order chi connectivity index (χ1) is 13.8. The van der Waals surface area contributed by atoms with Crippen molar-refractivity contribution in [1.82, 2.24) is 0 Å². The van der Waals surface area contributed by atoms with Gasteiger partial charge in [0.25, 0.3) is 5.91 Å². The fraction of sp³-hybridized carbons (Fsp3) is 0.381. The zero-order valence-electron chi connectivity index (χ0n) is 15.8. The summed E-state index contributed by atoms with van der Waals surface area (Å²) in [7, 11) is 0. The smallest absolute Gasteiger partial charge is 0.307 e. The summed E-state index contributed by atoms with van der Waals surface area (Å²) >= 11 is 1.21. The highest BCUT2D eigenvalue weighted by Gasteiger charge is 2.54. The van der Waals surface area contributed by atoms with E-state index in [2.05, 4.69) is 5.32 Å². The Balaban J connectivity index is 1.68. The zero-order valence-corrected chi connectivity index (χ0v) is 16.6. The molecule has 2 saturated carbocycles. The average molecular weight is 416 g/mol. The highest BCUT2D eigenvalue weighted by atomic mass is 32.1. The van der Waals surface area contributed by atoms with Crippen molar-refractivity contribution < 1.29 is 23.9 Å². The molecule has 2 aliphatic rings. The Morgan fingerprint density at radius 3 is 2.34 bits per heavy atom. The first-order valence-corrected chi connectivity index (χ1v) is 10.3. The monoisotopic (exact) mass is 416 g/mol. The van der Waals surface area contributed by atoms with Gasteiger partial charge in [0.15, 0.2) is 0 Å². The quantitative estimate of drug-likeness (QED) is 0.691. The summed E-state index contributed by atoms with van der Waals surface area (Å²) in [5.74, 6) is -3.63. The molecule has 1 heterocycles. The lowest BCUT2D eigenvalue weighted by Crippen LogP contribution is -2.38. The molecular weight excluding hydrogens is 395 g/mol. The molecule has 1 aromatic carbocycles. The third kappa shape index (κ3) is 3.31. The van der Waals surface area contributed by atoms with Crippen LogP contribution >= 0.6 is 11.3 Å². The maximum absolute atomic E-state index is 13.3. The molecule has 4 atom stereocenters. The lowest BCUT2D eigenvalue weighted by atomic mass is 9.78. The number of fused-ring (bicyclic) bond motifs is 2. The summed E-state index contributed by atoms with van der Waals surface area (Å²) in [6.07, 6.45) is 2.44. The topological polar surface area (TPSA) is 109 Å². The molecule has 2 fully saturated rings. The molecule has 1 aromatic heterocycles. The van der Waals surface area contributed by atoms with Crippen LogP contribution in [0.4, 0.5) is 9.39 Å². The Kier molecular flexibility index (Phi) is 4.90. The van der Waals surface area contributed by atoms with Crippen LogP contribution in [-0.4, -0.2) is 22.9 Å². The van der Waals surface area contributed by atoms with E-state index >= 15 is 0 Å². The predicted molar refractivity (Wildman–Crippen MR) is 107 cm³/mol. The van der Waals surface area contributed by atoms with E-state index in [4.69, 9.17) is 5.73 Å². The van der Waals surface area contributed by atoms with Gasteiger partial charge in [0.1, 0.15) is 10.8 Å². The molecule has 2 aliphatic carbocycles. The average Bonchev–Trinajstić information content (AvgIpc) is 3.35. The van der Waals surface area contributed by atoms with Crippen molar-refractivity contribution in [2.75, 3.05) is 5.32 Å². The van der Waals surface area contributed by atoms with Crippen LogP contribution in [0.2, 0.25) is 0 Å². The Morgan fingerprint density at radius 1 is 1.14 bits per heavy atom. The molecule has 29 heavy (non-hydrogen) atoms. The second kappa shape index (κ2) is 7.26. The van der Waals surface area contributed by atoms with E-state index in [9.17, 15) is 23.9 Å². The van der Waals surface area contributed by atoms with Gasteiger partial charge in [-0.2, -0.15) is 0 Å². The van der Waals surface area contributed by atoms with Crippen molar-refractivity contribution in [3.8, 4) is 11.1 Å². The van der Waals surface area contributed by atoms with Crippen LogP contribution in [-0.2, 0) is 9.59 Å². The van der Waals surface area contributed by atoms with Crippen molar-refractivity contribution in [2.24, 2.45) is 29.4 Å². The standard InChI is InChI=1S/C21H21FN2O4S/c1-9-14(10-4-6-13(22)7-5-10)17(18(23)25)20(29-9)24-19(26)15-11-2-3-12(8-11)16(15)21(27)28/h4-7,11-12,15-16H,2-3,8H2,1H3,(H2,23,25)(H,24,26)(H,27,28). The largest absolute Gasteiger partial charge is 0.481 e. The van der Waals surface area contributed by atoms with Crippen LogP contribution in [0.5, 0.6) is 0 Å². The number of nitrogens with one attached hydrogen (secondary N) is 1. The minimum absolute atomic E-state index is 0.0312. The fourth-order valence-electron chi connectivity index (χ4n) is 5.05. The number of nitrogens with two attached hydrogens (primary N) is 1. The Bertz CT molecular complexity index is 1000. The van der Waals surface area contributed by atoms with Crippen molar-refractivity contribution >= 4 is 34.1 Å². The number of carbonyl (C=O) groups excluding carboxylic acids is 2. The molecule has 2 amide bonds. The second-order valence-corrected chi connectivity index (χ2v) is 9.05. The number of aryl methyl sites for hydroxylation is 1. The van der Waals surface area contributed by atoms with Gasteiger partial charge in [0.05, 0.1) is 17.4 Å². The predicted octanol–water partition coefficient (Wildman–Crippen LogP) is 3.65. The molecule has 2 aromatic rings. The first-order valence-electron chi connectivity index (χ1n) is 9.50. The number of carbonyl (C=O) groups is 3. The molecule has 152 valence electrons. The van der Waals surface area contributed by atoms with E-state index in [1.807, 2.05) is 0 Å². The van der Waals surface area contributed by atoms with E-state index in [1.54, 1.807) is 19.1 Å². The number of carboxylic acids is 1. The normalized spacial score (nSPS) is 25.2. The SMILES string of the molecule is Cc1sc(NC(=O)C2C3CCC(C3)C2C(=O)O)c(C(N)=O)c1-c1ccc(F)cc1. The van der Waals surface area contributed by atoms with Gasteiger partial charge in [-0.15, -0.1) is 11.3 Å². The maximum Gasteiger partial charge on any atom is 0.307 e. The van der Waals surface area contributed by atoms with Gasteiger partial charge in [-0.05, 0) is 55.7 Å². The van der Waals surface area contributed by atoms with Gasteiger partial charge in [0.2, 0.25) is 5.91 Å². The zero-order chi connectivity index (χ0) is 20.9. The number of anilines is 1. The highest BCUT2D eigenvalue weighted by Crippen LogP contribution is 2.53. The van der Waals surface area contributed by atoms with Crippen LogP contribution < -0.4 is 11.1 Å². The van der Waals surface area contributed by atoms with E-state index in [0.717, 1.165) is 24.1 Å². The molecule has 0 spiro atoms. The molecule has 6 nitrogen and oxygen atoms in total. The third-order valence-electron chi connectivity index (χ3n) is 6.20. The molecular formula is C21H21FN2O4S. The molecule has 8 heteroatoms. The van der Waals surface area contributed by atoms with Gasteiger partial charge >= 0.3 is 5.97 Å². The van der Waals surface area contributed by atoms with E-state index < -0.39 is 29.5 Å². The number of halogens is 1. The summed E-state index contributed by atoms with van der Waals surface area (Å²) in [6, 6.07) is 5.70. The summed E-state index contributed by atoms with van der Waals surface area (Å²) in [5, 5.41) is 12.7. The summed E-state index contributed by atoms with van der Waals surface area (Å²) in [5.41, 5.74) is 6.96. The number of hydrogen-bond acceptors (Lipinski definition) is 4. The van der Waals surface area contributed by atoms with Crippen LogP contribution in [0, 0.1) is 36.4 Å². The highest BCUT2D eigenvalue weighted by molar-refractivity contribution is 7.17. The van der Waals surface area contributed by atoms with Gasteiger partial charge in [-0.3, -0.25) is 14.4 Å². The number of hydrogen-bond donors (Lipinski definition) is 3. The molecule has 0 saturated heterocycles. The van der Waals surface area contributed by atoms with Crippen LogP contribution in [0.15, 0.2) is 24.3 Å². The van der Waals surface area contributed by atoms with Gasteiger partial charge in [0, 0.05) is 10.4 Å². The summed E-state index contributed by atoms with van der Waals surface area (Å²) < 4.78 is 13.3. The van der Waals surface area contributed by atoms with Crippen molar-refractivity contribution in [1.29, 1.82) is 0 Å². The van der Waals surface area contributed by atoms with E-state index in [1.165, 1.54) is 23.5 Å². The van der Waals surface area contributed by atoms with Crippen LogP contribution in [0.1, 0.15) is 34.5 Å². The summed E-state index contributed by atoms with van der Waals surface area (Å²) in [6.45, 7) is 1.79. The molecule has 0 radical (unpaired) electrons. The first kappa shape index (κ1) is 19.6. The van der Waals surface area contributed by atoms with E-state index in [-0.39, 0.29) is 23.3 Å². The van der Waals surface area contributed by atoms with Gasteiger partial charge in [-0.1, -0.05) is 12.1 Å². The lowest BCUT2D eigenvalue weighted by molar-refractivity contribution is -0.148. The minimum atomic E-state index is -0.943. The number of amides is 2. The Hall–Kier alpha value is -2.74. The molecule has 4 rings (SSSR count). The lowest BCUT2D eigenvalue weighted by Gasteiger charge is -2.26. The molecule has 2 bridgehead atoms. The van der Waals surface area contributed by atoms with Crippen molar-refractivity contribution in [3.05, 3.63) is 40.5 Å². The number of carboxylic acid groups (broad SMARTS) is 1. The maximum atomic E-state index is 13.3. The van der Waals surface area contributed by atoms with Gasteiger partial charge in [-0.25, -0.2) is 4.39 Å². The number of rotatable bonds is 5. The summed E-state index contributed by atoms with van der Waals surface area (Å²) in [4.78, 5) is 37.7. The van der Waals surface area contributed by atoms with E-state index in [0.29, 0.717) is 16.1 Å². The van der Waals surface area contributed by atoms with Crippen LogP contribution in [0.3, 0.4) is 0 Å². The minimum Gasteiger partial charge on any atom is -0.481 e. The number of aliphatic carboxylic acids is 1. The fourth-order valence-corrected chi connectivity index (χ4v) is 6.14. The van der Waals surface area contributed by atoms with Crippen molar-refractivity contribution in [2.45, 2.75) is 26.2 Å². The Morgan fingerprint density at radius 2 is 1.76 bits per heavy atom. The second-order valence-electron chi connectivity index (χ2n) is 7.82. The van der Waals surface area contributed by atoms with Crippen molar-refractivity contribution in [3.63, 3.8) is 0 Å². The molecule has 4 unspecified atom stereocenters. The van der Waals surface area contributed by atoms with Gasteiger partial charge < -0.3 is 16.2 Å². The Labute approximate surface area is 170 Å². The molecule has 0 aliphatic heterocycles. The number of thiophene rings is 1.